The molecule has 1 aromatic rings. The number of hydrogen-bond acceptors (Lipinski definition) is 3. The summed E-state index contributed by atoms with van der Waals surface area (Å²) in [7, 11) is 0. The van der Waals surface area contributed by atoms with Gasteiger partial charge in [-0.05, 0) is 19.1 Å². The second-order valence-electron chi connectivity index (χ2n) is 3.05. The summed E-state index contributed by atoms with van der Waals surface area (Å²) in [5, 5.41) is 8.77. The monoisotopic (exact) mass is 303 g/mol. The van der Waals surface area contributed by atoms with Gasteiger partial charge in [-0.25, -0.2) is 13.6 Å². The van der Waals surface area contributed by atoms with E-state index >= 15 is 0 Å². The lowest BCUT2D eigenvalue weighted by Crippen LogP contribution is -2.10. The highest BCUT2D eigenvalue weighted by Gasteiger charge is 2.24. The zero-order valence-electron chi connectivity index (χ0n) is 8.84. The van der Waals surface area contributed by atoms with E-state index < -0.39 is 18.0 Å². The molecule has 0 aliphatic heterocycles. The summed E-state index contributed by atoms with van der Waals surface area (Å²) in [6.07, 6.45) is -2.91. The molecule has 0 atom stereocenters. The first kappa shape index (κ1) is 13.6. The van der Waals surface area contributed by atoms with Crippen molar-refractivity contribution in [2.45, 2.75) is 13.3 Å². The Labute approximate surface area is 105 Å². The first-order chi connectivity index (χ1) is 8.01. The Kier molecular flexibility index (Phi) is 4.58. The fraction of sp³-hybridized carbons (Fsp3) is 0.273. The van der Waals surface area contributed by atoms with Gasteiger partial charge in [-0.3, -0.25) is 0 Å². The average Bonchev–Trinajstić information content (AvgIpc) is 2.27. The SMILES string of the molecule is CCOC(=O)c1cc(Br)cc(C#N)c1C(F)F. The minimum atomic E-state index is -2.91. The smallest absolute Gasteiger partial charge is 0.338 e. The maximum atomic E-state index is 12.8. The van der Waals surface area contributed by atoms with E-state index in [4.69, 9.17) is 5.26 Å². The second kappa shape index (κ2) is 5.73. The Bertz CT molecular complexity index is 483. The van der Waals surface area contributed by atoms with Crippen molar-refractivity contribution in [2.75, 3.05) is 6.61 Å². The molecule has 17 heavy (non-hydrogen) atoms. The van der Waals surface area contributed by atoms with Crippen LogP contribution in [0.2, 0.25) is 0 Å². The summed E-state index contributed by atoms with van der Waals surface area (Å²) < 4.78 is 30.7. The molecule has 1 aromatic carbocycles. The van der Waals surface area contributed by atoms with Crippen molar-refractivity contribution >= 4 is 21.9 Å². The number of esters is 1. The molecule has 1 rings (SSSR count). The molecular formula is C11H8BrF2NO2. The van der Waals surface area contributed by atoms with Gasteiger partial charge in [0.25, 0.3) is 6.43 Å². The molecule has 0 radical (unpaired) electrons. The lowest BCUT2D eigenvalue weighted by Gasteiger charge is -2.10. The molecule has 0 N–H and O–H groups in total. The zero-order valence-corrected chi connectivity index (χ0v) is 10.4. The molecule has 0 amide bonds. The summed E-state index contributed by atoms with van der Waals surface area (Å²) in [6, 6.07) is 4.10. The van der Waals surface area contributed by atoms with Crippen LogP contribution in [-0.2, 0) is 4.74 Å². The van der Waals surface area contributed by atoms with Crippen molar-refractivity contribution in [1.29, 1.82) is 5.26 Å². The topological polar surface area (TPSA) is 50.1 Å². The molecule has 3 nitrogen and oxygen atoms in total. The van der Waals surface area contributed by atoms with Crippen LogP contribution in [0, 0.1) is 11.3 Å². The van der Waals surface area contributed by atoms with Crippen molar-refractivity contribution in [1.82, 2.24) is 0 Å². The molecule has 90 valence electrons. The summed E-state index contributed by atoms with van der Waals surface area (Å²) in [6.45, 7) is 1.65. The molecule has 0 aliphatic rings. The number of carbonyl (C=O) groups is 1. The van der Waals surface area contributed by atoms with Gasteiger partial charge in [0.15, 0.2) is 0 Å². The highest BCUT2D eigenvalue weighted by molar-refractivity contribution is 9.10. The van der Waals surface area contributed by atoms with Gasteiger partial charge in [0.2, 0.25) is 0 Å². The molecule has 0 aromatic heterocycles. The Morgan fingerprint density at radius 2 is 2.24 bits per heavy atom. The number of nitrogens with zero attached hydrogens (tertiary/aromatic N) is 1. The van der Waals surface area contributed by atoms with E-state index in [1.54, 1.807) is 13.0 Å². The minimum Gasteiger partial charge on any atom is -0.462 e. The summed E-state index contributed by atoms with van der Waals surface area (Å²) >= 11 is 3.05. The summed E-state index contributed by atoms with van der Waals surface area (Å²) in [4.78, 5) is 11.5. The van der Waals surface area contributed by atoms with Gasteiger partial charge in [0.05, 0.1) is 29.4 Å². The van der Waals surface area contributed by atoms with Crippen LogP contribution in [0.4, 0.5) is 8.78 Å². The fourth-order valence-electron chi connectivity index (χ4n) is 1.32. The molecule has 0 fully saturated rings. The maximum absolute atomic E-state index is 12.8. The number of halogens is 3. The van der Waals surface area contributed by atoms with Crippen molar-refractivity contribution in [3.63, 3.8) is 0 Å². The van der Waals surface area contributed by atoms with Gasteiger partial charge in [-0.15, -0.1) is 0 Å². The van der Waals surface area contributed by atoms with Gasteiger partial charge in [0, 0.05) is 4.47 Å². The third-order valence-corrected chi connectivity index (χ3v) is 2.44. The van der Waals surface area contributed by atoms with E-state index in [-0.39, 0.29) is 17.7 Å². The molecule has 0 unspecified atom stereocenters. The minimum absolute atomic E-state index is 0.0793. The number of benzene rings is 1. The average molecular weight is 304 g/mol. The van der Waals surface area contributed by atoms with E-state index in [1.165, 1.54) is 12.1 Å². The van der Waals surface area contributed by atoms with Crippen LogP contribution in [-0.4, -0.2) is 12.6 Å². The van der Waals surface area contributed by atoms with Crippen molar-refractivity contribution in [2.24, 2.45) is 0 Å². The highest BCUT2D eigenvalue weighted by atomic mass is 79.9. The highest BCUT2D eigenvalue weighted by Crippen LogP contribution is 2.30. The number of ether oxygens (including phenoxy) is 1. The lowest BCUT2D eigenvalue weighted by atomic mass is 10.0. The van der Waals surface area contributed by atoms with Gasteiger partial charge >= 0.3 is 5.97 Å². The number of nitriles is 1. The number of carbonyl (C=O) groups excluding carboxylic acids is 1. The zero-order chi connectivity index (χ0) is 13.0. The molecule has 0 heterocycles. The van der Waals surface area contributed by atoms with Crippen molar-refractivity contribution in [3.8, 4) is 6.07 Å². The van der Waals surface area contributed by atoms with E-state index in [0.717, 1.165) is 0 Å². The van der Waals surface area contributed by atoms with Crippen LogP contribution in [0.1, 0.15) is 34.8 Å². The van der Waals surface area contributed by atoms with E-state index in [1.807, 2.05) is 0 Å². The third kappa shape index (κ3) is 3.01. The molecular weight excluding hydrogens is 296 g/mol. The fourth-order valence-corrected chi connectivity index (χ4v) is 1.78. The quantitative estimate of drug-likeness (QED) is 0.804. The second-order valence-corrected chi connectivity index (χ2v) is 3.96. The summed E-state index contributed by atoms with van der Waals surface area (Å²) in [5.41, 5.74) is -1.11. The Morgan fingerprint density at radius 1 is 1.59 bits per heavy atom. The van der Waals surface area contributed by atoms with Crippen LogP contribution >= 0.6 is 15.9 Å². The third-order valence-electron chi connectivity index (χ3n) is 1.98. The lowest BCUT2D eigenvalue weighted by molar-refractivity contribution is 0.0515. The van der Waals surface area contributed by atoms with Crippen LogP contribution in [0.25, 0.3) is 0 Å². The Morgan fingerprint density at radius 3 is 2.71 bits per heavy atom. The molecule has 0 spiro atoms. The van der Waals surface area contributed by atoms with Crippen molar-refractivity contribution in [3.05, 3.63) is 33.3 Å². The van der Waals surface area contributed by atoms with Crippen LogP contribution in [0.5, 0.6) is 0 Å². The van der Waals surface area contributed by atoms with Gasteiger partial charge in [-0.2, -0.15) is 5.26 Å². The molecule has 6 heteroatoms. The van der Waals surface area contributed by atoms with Gasteiger partial charge < -0.3 is 4.74 Å². The van der Waals surface area contributed by atoms with E-state index in [9.17, 15) is 13.6 Å². The molecule has 0 bridgehead atoms. The predicted molar refractivity (Wildman–Crippen MR) is 59.8 cm³/mol. The van der Waals surface area contributed by atoms with Gasteiger partial charge in [0.1, 0.15) is 0 Å². The Hall–Kier alpha value is -1.48. The molecule has 0 saturated heterocycles. The Balaban J connectivity index is 3.42. The number of alkyl halides is 2. The molecule has 0 saturated carbocycles. The van der Waals surface area contributed by atoms with Crippen LogP contribution in [0.15, 0.2) is 16.6 Å². The van der Waals surface area contributed by atoms with E-state index in [0.29, 0.717) is 4.47 Å². The van der Waals surface area contributed by atoms with Crippen molar-refractivity contribution < 1.29 is 18.3 Å². The standard InChI is InChI=1S/C11H8BrF2NO2/c1-2-17-11(16)8-4-7(12)3-6(5-15)9(8)10(13)14/h3-4,10H,2H2,1H3. The normalized spacial score (nSPS) is 10.1. The number of hydrogen-bond donors (Lipinski definition) is 0. The first-order valence-corrected chi connectivity index (χ1v) is 5.49. The molecule has 0 aliphatic carbocycles. The predicted octanol–water partition coefficient (Wildman–Crippen LogP) is 3.44. The van der Waals surface area contributed by atoms with Crippen LogP contribution in [0.3, 0.4) is 0 Å². The van der Waals surface area contributed by atoms with Gasteiger partial charge in [-0.1, -0.05) is 15.9 Å². The van der Waals surface area contributed by atoms with Crippen LogP contribution < -0.4 is 0 Å². The van der Waals surface area contributed by atoms with E-state index in [2.05, 4.69) is 20.7 Å². The maximum Gasteiger partial charge on any atom is 0.338 e. The largest absolute Gasteiger partial charge is 0.462 e. The number of rotatable bonds is 3. The first-order valence-electron chi connectivity index (χ1n) is 4.70. The summed E-state index contributed by atoms with van der Waals surface area (Å²) in [5.74, 6) is -0.861.